The van der Waals surface area contributed by atoms with E-state index in [2.05, 4.69) is 36.4 Å². The predicted octanol–water partition coefficient (Wildman–Crippen LogP) is 1.18. The second kappa shape index (κ2) is 5.70. The number of nitrogens with zero attached hydrogens (tertiary/aromatic N) is 3. The molecule has 0 unspecified atom stereocenters. The molecule has 9 heteroatoms. The SMILES string of the molecule is COC(=O)N1N=C(c2ccc(Br)cc2)C(C(=O)O)=NN1. The van der Waals surface area contributed by atoms with Gasteiger partial charge in [-0.1, -0.05) is 33.2 Å². The Morgan fingerprint density at radius 1 is 1.35 bits per heavy atom. The lowest BCUT2D eigenvalue weighted by atomic mass is 10.1. The van der Waals surface area contributed by atoms with Gasteiger partial charge in [0.15, 0.2) is 5.71 Å². The Morgan fingerprint density at radius 3 is 2.55 bits per heavy atom. The number of hydrazine groups is 1. The van der Waals surface area contributed by atoms with E-state index < -0.39 is 12.1 Å². The van der Waals surface area contributed by atoms with Crippen molar-refractivity contribution in [3.63, 3.8) is 0 Å². The van der Waals surface area contributed by atoms with Gasteiger partial charge in [0.25, 0.3) is 0 Å². The Balaban J connectivity index is 2.43. The first-order valence-corrected chi connectivity index (χ1v) is 6.12. The Kier molecular flexibility index (Phi) is 3.99. The number of halogens is 1. The number of benzene rings is 1. The molecule has 1 aromatic rings. The number of nitrogens with one attached hydrogen (secondary N) is 1. The zero-order chi connectivity index (χ0) is 14.7. The van der Waals surface area contributed by atoms with E-state index >= 15 is 0 Å². The summed E-state index contributed by atoms with van der Waals surface area (Å²) in [6.45, 7) is 0. The van der Waals surface area contributed by atoms with E-state index in [9.17, 15) is 9.59 Å². The third-order valence-electron chi connectivity index (χ3n) is 2.35. The smallest absolute Gasteiger partial charge is 0.451 e. The van der Waals surface area contributed by atoms with Gasteiger partial charge < -0.3 is 9.84 Å². The van der Waals surface area contributed by atoms with E-state index in [1.54, 1.807) is 24.3 Å². The monoisotopic (exact) mass is 340 g/mol. The Labute approximate surface area is 121 Å². The first kappa shape index (κ1) is 14.0. The van der Waals surface area contributed by atoms with E-state index in [4.69, 9.17) is 5.11 Å². The summed E-state index contributed by atoms with van der Waals surface area (Å²) in [4.78, 5) is 22.5. The van der Waals surface area contributed by atoms with Crippen molar-refractivity contribution in [2.45, 2.75) is 0 Å². The van der Waals surface area contributed by atoms with Gasteiger partial charge in [0, 0.05) is 10.0 Å². The zero-order valence-corrected chi connectivity index (χ0v) is 11.8. The zero-order valence-electron chi connectivity index (χ0n) is 10.2. The highest BCUT2D eigenvalue weighted by atomic mass is 79.9. The van der Waals surface area contributed by atoms with Gasteiger partial charge in [-0.05, 0) is 12.1 Å². The average Bonchev–Trinajstić information content (AvgIpc) is 2.46. The molecular weight excluding hydrogens is 332 g/mol. The van der Waals surface area contributed by atoms with Gasteiger partial charge in [0.2, 0.25) is 0 Å². The molecule has 0 aromatic heterocycles. The first-order valence-electron chi connectivity index (χ1n) is 5.32. The van der Waals surface area contributed by atoms with Crippen LogP contribution in [0.1, 0.15) is 5.56 Å². The summed E-state index contributed by atoms with van der Waals surface area (Å²) < 4.78 is 5.31. The molecule has 0 aliphatic carbocycles. The number of methoxy groups -OCH3 is 1. The van der Waals surface area contributed by atoms with Crippen LogP contribution in [0.15, 0.2) is 38.9 Å². The average molecular weight is 341 g/mol. The highest BCUT2D eigenvalue weighted by molar-refractivity contribution is 9.10. The van der Waals surface area contributed by atoms with Crippen molar-refractivity contribution >= 4 is 39.4 Å². The van der Waals surface area contributed by atoms with Crippen molar-refractivity contribution in [1.82, 2.24) is 10.7 Å². The number of rotatable bonds is 2. The van der Waals surface area contributed by atoms with E-state index in [1.807, 2.05) is 0 Å². The summed E-state index contributed by atoms with van der Waals surface area (Å²) >= 11 is 3.28. The molecule has 2 rings (SSSR count). The molecule has 1 aromatic carbocycles. The van der Waals surface area contributed by atoms with E-state index in [-0.39, 0.29) is 11.4 Å². The normalized spacial score (nSPS) is 14.0. The minimum atomic E-state index is -1.26. The molecule has 1 aliphatic rings. The summed E-state index contributed by atoms with van der Waals surface area (Å²) in [5.74, 6) is -1.26. The van der Waals surface area contributed by atoms with Crippen LogP contribution in [0.4, 0.5) is 4.79 Å². The predicted molar refractivity (Wildman–Crippen MR) is 73.1 cm³/mol. The second-order valence-corrected chi connectivity index (χ2v) is 4.52. The number of carboxylic acid groups (broad SMARTS) is 1. The Bertz CT molecular complexity index is 611. The van der Waals surface area contributed by atoms with Crippen molar-refractivity contribution in [2.75, 3.05) is 7.11 Å². The minimum Gasteiger partial charge on any atom is -0.476 e. The quantitative estimate of drug-likeness (QED) is 0.841. The van der Waals surface area contributed by atoms with Crippen LogP contribution in [0.2, 0.25) is 0 Å². The van der Waals surface area contributed by atoms with Crippen molar-refractivity contribution in [2.24, 2.45) is 10.2 Å². The van der Waals surface area contributed by atoms with Crippen molar-refractivity contribution < 1.29 is 19.4 Å². The maximum atomic E-state index is 11.4. The molecule has 0 saturated carbocycles. The molecule has 0 saturated heterocycles. The van der Waals surface area contributed by atoms with Crippen molar-refractivity contribution in [1.29, 1.82) is 0 Å². The number of amides is 1. The first-order chi connectivity index (χ1) is 9.52. The molecule has 0 fully saturated rings. The third kappa shape index (κ3) is 2.77. The summed E-state index contributed by atoms with van der Waals surface area (Å²) in [6, 6.07) is 6.76. The number of hydrazone groups is 2. The minimum absolute atomic E-state index is 0.0501. The van der Waals surface area contributed by atoms with Crippen LogP contribution in [0.25, 0.3) is 0 Å². The highest BCUT2D eigenvalue weighted by Crippen LogP contribution is 2.14. The molecule has 0 radical (unpaired) electrons. The highest BCUT2D eigenvalue weighted by Gasteiger charge is 2.27. The van der Waals surface area contributed by atoms with Crippen LogP contribution in [-0.4, -0.2) is 40.8 Å². The lowest BCUT2D eigenvalue weighted by Crippen LogP contribution is -2.44. The van der Waals surface area contributed by atoms with Crippen LogP contribution in [-0.2, 0) is 9.53 Å². The van der Waals surface area contributed by atoms with Gasteiger partial charge in [-0.2, -0.15) is 5.53 Å². The number of carbonyl (C=O) groups is 2. The van der Waals surface area contributed by atoms with Crippen LogP contribution in [0, 0.1) is 0 Å². The molecule has 1 amide bonds. The van der Waals surface area contributed by atoms with Crippen LogP contribution in [0.3, 0.4) is 0 Å². The number of ether oxygens (including phenoxy) is 1. The fraction of sp³-hybridized carbons (Fsp3) is 0.0909. The number of hydrogen-bond donors (Lipinski definition) is 2. The summed E-state index contributed by atoms with van der Waals surface area (Å²) in [7, 11) is 1.18. The molecule has 104 valence electrons. The number of carbonyl (C=O) groups excluding carboxylic acids is 1. The van der Waals surface area contributed by atoms with Gasteiger partial charge in [-0.3, -0.25) is 0 Å². The summed E-state index contributed by atoms with van der Waals surface area (Å²) in [5, 5.41) is 17.3. The molecule has 2 N–H and O–H groups in total. The lowest BCUT2D eigenvalue weighted by Gasteiger charge is -2.20. The third-order valence-corrected chi connectivity index (χ3v) is 2.88. The van der Waals surface area contributed by atoms with Crippen molar-refractivity contribution in [3.8, 4) is 0 Å². The van der Waals surface area contributed by atoms with Crippen LogP contribution < -0.4 is 5.53 Å². The standard InChI is InChI=1S/C11H9BrN4O4/c1-20-11(19)16-14-8(9(10(17)18)13-15-16)6-2-4-7(12)5-3-6/h2-5,15H,1H3,(H,17,18). The van der Waals surface area contributed by atoms with Gasteiger partial charge in [0.1, 0.15) is 5.71 Å². The fourth-order valence-electron chi connectivity index (χ4n) is 1.44. The Morgan fingerprint density at radius 2 is 2.00 bits per heavy atom. The molecule has 8 nitrogen and oxygen atoms in total. The molecule has 0 bridgehead atoms. The molecular formula is C11H9BrN4O4. The molecule has 0 spiro atoms. The fourth-order valence-corrected chi connectivity index (χ4v) is 1.70. The van der Waals surface area contributed by atoms with Gasteiger partial charge in [-0.15, -0.1) is 10.2 Å². The van der Waals surface area contributed by atoms with Gasteiger partial charge in [-0.25, -0.2) is 9.59 Å². The number of carboxylic acids is 1. The van der Waals surface area contributed by atoms with E-state index in [0.29, 0.717) is 10.7 Å². The summed E-state index contributed by atoms with van der Waals surface area (Å²) in [6.07, 6.45) is -0.812. The van der Waals surface area contributed by atoms with E-state index in [1.165, 1.54) is 7.11 Å². The maximum absolute atomic E-state index is 11.4. The molecule has 1 heterocycles. The molecule has 1 aliphatic heterocycles. The topological polar surface area (TPSA) is 104 Å². The van der Waals surface area contributed by atoms with Crippen LogP contribution in [0.5, 0.6) is 0 Å². The van der Waals surface area contributed by atoms with Gasteiger partial charge in [0.05, 0.1) is 7.11 Å². The number of hydrogen-bond acceptors (Lipinski definition) is 6. The molecule has 20 heavy (non-hydrogen) atoms. The Hall–Kier alpha value is -2.42. The summed E-state index contributed by atoms with van der Waals surface area (Å²) in [5.41, 5.74) is 2.44. The largest absolute Gasteiger partial charge is 0.476 e. The van der Waals surface area contributed by atoms with Gasteiger partial charge >= 0.3 is 12.1 Å². The van der Waals surface area contributed by atoms with Crippen LogP contribution >= 0.6 is 15.9 Å². The van der Waals surface area contributed by atoms with Crippen molar-refractivity contribution in [3.05, 3.63) is 34.3 Å². The number of aliphatic carboxylic acids is 1. The molecule has 0 atom stereocenters. The second-order valence-electron chi connectivity index (χ2n) is 3.60. The van der Waals surface area contributed by atoms with E-state index in [0.717, 1.165) is 4.47 Å². The lowest BCUT2D eigenvalue weighted by molar-refractivity contribution is -0.129. The maximum Gasteiger partial charge on any atom is 0.451 e.